The van der Waals surface area contributed by atoms with Crippen molar-refractivity contribution in [3.63, 3.8) is 0 Å². The predicted octanol–water partition coefficient (Wildman–Crippen LogP) is 3.66. The maximum Gasteiger partial charge on any atom is 0.317 e. The lowest BCUT2D eigenvalue weighted by Gasteiger charge is -2.16. The average molecular weight is 392 g/mol. The van der Waals surface area contributed by atoms with Crippen molar-refractivity contribution in [1.82, 2.24) is 20.4 Å². The lowest BCUT2D eigenvalue weighted by Crippen LogP contribution is -2.38. The number of hydrogen-bond acceptors (Lipinski definition) is 5. The molecule has 4 rings (SSSR count). The van der Waals surface area contributed by atoms with E-state index < -0.39 is 0 Å². The van der Waals surface area contributed by atoms with Crippen LogP contribution in [0.1, 0.15) is 35.2 Å². The number of urea groups is 1. The van der Waals surface area contributed by atoms with Crippen molar-refractivity contribution < 1.29 is 14.1 Å². The molecule has 29 heavy (non-hydrogen) atoms. The molecule has 2 amide bonds. The number of benzene rings is 2. The quantitative estimate of drug-likeness (QED) is 0.692. The Balaban J connectivity index is 1.26. The SMILES string of the molecule is Cc1ccc(OCc2nc(C3CCN(C(=O)NCc4ccccc4)C3)no2)cc1. The summed E-state index contributed by atoms with van der Waals surface area (Å²) in [5.74, 6) is 1.91. The first-order chi connectivity index (χ1) is 14.2. The van der Waals surface area contributed by atoms with Gasteiger partial charge in [0, 0.05) is 25.6 Å². The van der Waals surface area contributed by atoms with Crippen LogP contribution in [0.4, 0.5) is 4.79 Å². The second kappa shape index (κ2) is 8.77. The first-order valence-corrected chi connectivity index (χ1v) is 9.76. The standard InChI is InChI=1S/C22H24N4O3/c1-16-7-9-19(10-8-16)28-15-20-24-21(25-29-20)18-11-12-26(14-18)22(27)23-13-17-5-3-2-4-6-17/h2-10,18H,11-15H2,1H3,(H,23,27). The highest BCUT2D eigenvalue weighted by Gasteiger charge is 2.30. The summed E-state index contributed by atoms with van der Waals surface area (Å²) >= 11 is 0. The Kier molecular flexibility index (Phi) is 5.74. The van der Waals surface area contributed by atoms with Crippen molar-refractivity contribution in [2.45, 2.75) is 32.4 Å². The second-order valence-electron chi connectivity index (χ2n) is 7.22. The maximum atomic E-state index is 12.4. The van der Waals surface area contributed by atoms with E-state index in [0.29, 0.717) is 31.3 Å². The fourth-order valence-corrected chi connectivity index (χ4v) is 3.31. The minimum absolute atomic E-state index is 0.0669. The van der Waals surface area contributed by atoms with Crippen LogP contribution in [0.2, 0.25) is 0 Å². The van der Waals surface area contributed by atoms with Gasteiger partial charge in [-0.25, -0.2) is 4.79 Å². The van der Waals surface area contributed by atoms with Gasteiger partial charge in [-0.3, -0.25) is 0 Å². The average Bonchev–Trinajstić information content (AvgIpc) is 3.42. The molecule has 0 saturated carbocycles. The van der Waals surface area contributed by atoms with Crippen LogP contribution in [0.5, 0.6) is 5.75 Å². The molecular weight excluding hydrogens is 368 g/mol. The molecule has 0 spiro atoms. The summed E-state index contributed by atoms with van der Waals surface area (Å²) in [4.78, 5) is 18.7. The molecule has 2 aromatic carbocycles. The summed E-state index contributed by atoms with van der Waals surface area (Å²) in [7, 11) is 0. The van der Waals surface area contributed by atoms with E-state index in [4.69, 9.17) is 9.26 Å². The van der Waals surface area contributed by atoms with Crippen molar-refractivity contribution in [1.29, 1.82) is 0 Å². The fourth-order valence-electron chi connectivity index (χ4n) is 3.31. The summed E-state index contributed by atoms with van der Waals surface area (Å²) in [5, 5.41) is 7.05. The van der Waals surface area contributed by atoms with E-state index in [2.05, 4.69) is 15.5 Å². The van der Waals surface area contributed by atoms with Gasteiger partial charge in [0.15, 0.2) is 12.4 Å². The third-order valence-corrected chi connectivity index (χ3v) is 4.99. The summed E-state index contributed by atoms with van der Waals surface area (Å²) < 4.78 is 11.0. The zero-order valence-electron chi connectivity index (χ0n) is 16.4. The number of rotatable bonds is 6. The van der Waals surface area contributed by atoms with Crippen molar-refractivity contribution in [3.05, 3.63) is 77.4 Å². The van der Waals surface area contributed by atoms with Gasteiger partial charge in [-0.2, -0.15) is 4.98 Å². The number of aryl methyl sites for hydroxylation is 1. The third-order valence-electron chi connectivity index (χ3n) is 4.99. The van der Waals surface area contributed by atoms with Gasteiger partial charge in [0.25, 0.3) is 5.89 Å². The van der Waals surface area contributed by atoms with Gasteiger partial charge in [0.1, 0.15) is 5.75 Å². The van der Waals surface area contributed by atoms with Crippen molar-refractivity contribution in [3.8, 4) is 5.75 Å². The summed E-state index contributed by atoms with van der Waals surface area (Å²) in [5.41, 5.74) is 2.25. The van der Waals surface area contributed by atoms with Crippen molar-refractivity contribution in [2.24, 2.45) is 0 Å². The second-order valence-corrected chi connectivity index (χ2v) is 7.22. The molecule has 7 heteroatoms. The monoisotopic (exact) mass is 392 g/mol. The molecule has 1 aromatic heterocycles. The van der Waals surface area contributed by atoms with E-state index in [9.17, 15) is 4.79 Å². The zero-order chi connectivity index (χ0) is 20.1. The highest BCUT2D eigenvalue weighted by Crippen LogP contribution is 2.25. The highest BCUT2D eigenvalue weighted by atomic mass is 16.5. The van der Waals surface area contributed by atoms with E-state index in [1.807, 2.05) is 61.5 Å². The fraction of sp³-hybridized carbons (Fsp3) is 0.318. The molecule has 0 radical (unpaired) electrons. The topological polar surface area (TPSA) is 80.5 Å². The van der Waals surface area contributed by atoms with E-state index >= 15 is 0 Å². The molecule has 1 aliphatic rings. The molecule has 3 aromatic rings. The largest absolute Gasteiger partial charge is 0.484 e. The minimum Gasteiger partial charge on any atom is -0.484 e. The number of ether oxygens (including phenoxy) is 1. The number of nitrogens with one attached hydrogen (secondary N) is 1. The van der Waals surface area contributed by atoms with Crippen LogP contribution in [0, 0.1) is 6.92 Å². The van der Waals surface area contributed by atoms with E-state index in [-0.39, 0.29) is 18.6 Å². The zero-order valence-corrected chi connectivity index (χ0v) is 16.4. The Morgan fingerprint density at radius 2 is 2.00 bits per heavy atom. The number of hydrogen-bond donors (Lipinski definition) is 1. The van der Waals surface area contributed by atoms with Crippen LogP contribution in [0.25, 0.3) is 0 Å². The molecule has 0 bridgehead atoms. The molecule has 7 nitrogen and oxygen atoms in total. The van der Waals surface area contributed by atoms with E-state index in [0.717, 1.165) is 17.7 Å². The Bertz CT molecular complexity index is 940. The molecule has 150 valence electrons. The molecule has 1 N–H and O–H groups in total. The Morgan fingerprint density at radius 3 is 2.79 bits per heavy atom. The van der Waals surface area contributed by atoms with Crippen LogP contribution < -0.4 is 10.1 Å². The molecule has 1 aliphatic heterocycles. The summed E-state index contributed by atoms with van der Waals surface area (Å²) in [6, 6.07) is 17.6. The van der Waals surface area contributed by atoms with Gasteiger partial charge >= 0.3 is 6.03 Å². The Labute approximate surface area is 169 Å². The maximum absolute atomic E-state index is 12.4. The van der Waals surface area contributed by atoms with Gasteiger partial charge in [0.05, 0.1) is 0 Å². The summed E-state index contributed by atoms with van der Waals surface area (Å²) in [6.45, 7) is 4.03. The van der Waals surface area contributed by atoms with Gasteiger partial charge < -0.3 is 19.5 Å². The van der Waals surface area contributed by atoms with Gasteiger partial charge in [-0.15, -0.1) is 0 Å². The van der Waals surface area contributed by atoms with Crippen LogP contribution in [0.3, 0.4) is 0 Å². The molecule has 1 atom stereocenters. The lowest BCUT2D eigenvalue weighted by molar-refractivity contribution is 0.207. The number of carbonyl (C=O) groups excluding carboxylic acids is 1. The van der Waals surface area contributed by atoms with E-state index in [1.165, 1.54) is 5.56 Å². The highest BCUT2D eigenvalue weighted by molar-refractivity contribution is 5.74. The normalized spacial score (nSPS) is 16.0. The van der Waals surface area contributed by atoms with Crippen molar-refractivity contribution in [2.75, 3.05) is 13.1 Å². The predicted molar refractivity (Wildman–Crippen MR) is 107 cm³/mol. The first-order valence-electron chi connectivity index (χ1n) is 9.76. The van der Waals surface area contributed by atoms with E-state index in [1.54, 1.807) is 4.90 Å². The van der Waals surface area contributed by atoms with Gasteiger partial charge in [-0.05, 0) is 31.0 Å². The van der Waals surface area contributed by atoms with Gasteiger partial charge in [0.2, 0.25) is 0 Å². The van der Waals surface area contributed by atoms with Crippen LogP contribution in [0.15, 0.2) is 59.1 Å². The number of nitrogens with zero attached hydrogens (tertiary/aromatic N) is 3. The van der Waals surface area contributed by atoms with Crippen LogP contribution in [-0.4, -0.2) is 34.2 Å². The molecule has 1 saturated heterocycles. The number of aromatic nitrogens is 2. The van der Waals surface area contributed by atoms with Gasteiger partial charge in [-0.1, -0.05) is 53.2 Å². The minimum atomic E-state index is -0.0669. The summed E-state index contributed by atoms with van der Waals surface area (Å²) in [6.07, 6.45) is 0.816. The Hall–Kier alpha value is -3.35. The van der Waals surface area contributed by atoms with Crippen LogP contribution in [-0.2, 0) is 13.2 Å². The smallest absolute Gasteiger partial charge is 0.317 e. The molecule has 0 aliphatic carbocycles. The lowest BCUT2D eigenvalue weighted by atomic mass is 10.1. The number of amides is 2. The van der Waals surface area contributed by atoms with Crippen LogP contribution >= 0.6 is 0 Å². The number of carbonyl (C=O) groups is 1. The molecule has 2 heterocycles. The number of likely N-dealkylation sites (tertiary alicyclic amines) is 1. The molecule has 1 unspecified atom stereocenters. The molecule has 1 fully saturated rings. The third kappa shape index (κ3) is 4.93. The van der Waals surface area contributed by atoms with Crippen molar-refractivity contribution >= 4 is 6.03 Å². The Morgan fingerprint density at radius 1 is 1.21 bits per heavy atom. The molecular formula is C22H24N4O3. The first kappa shape index (κ1) is 19.0.